The lowest BCUT2D eigenvalue weighted by Gasteiger charge is -2.24. The van der Waals surface area contributed by atoms with E-state index in [2.05, 4.69) is 62.4 Å². The van der Waals surface area contributed by atoms with Crippen LogP contribution in [0.2, 0.25) is 0 Å². The molecule has 0 radical (unpaired) electrons. The lowest BCUT2D eigenvalue weighted by molar-refractivity contribution is 0.0268. The fourth-order valence-corrected chi connectivity index (χ4v) is 2.65. The molecule has 2 aromatic rings. The highest BCUT2D eigenvalue weighted by atomic mass is 127. The van der Waals surface area contributed by atoms with Crippen LogP contribution in [0.1, 0.15) is 38.6 Å². The number of imidazole rings is 1. The molecule has 0 aliphatic carbocycles. The highest BCUT2D eigenvalue weighted by Crippen LogP contribution is 2.07. The van der Waals surface area contributed by atoms with Crippen LogP contribution in [0.4, 0.5) is 0 Å². The number of halogens is 1. The summed E-state index contributed by atoms with van der Waals surface area (Å²) in [4.78, 5) is 9.15. The van der Waals surface area contributed by atoms with Crippen molar-refractivity contribution in [3.8, 4) is 0 Å². The van der Waals surface area contributed by atoms with Crippen molar-refractivity contribution in [3.05, 3.63) is 54.1 Å². The van der Waals surface area contributed by atoms with Crippen molar-refractivity contribution in [1.82, 2.24) is 20.2 Å². The molecule has 0 amide bonds. The van der Waals surface area contributed by atoms with Crippen LogP contribution in [0.5, 0.6) is 0 Å². The van der Waals surface area contributed by atoms with Crippen molar-refractivity contribution in [3.63, 3.8) is 0 Å². The molecule has 0 fully saturated rings. The Balaban J connectivity index is 0.00000392. The molecule has 0 spiro atoms. The summed E-state index contributed by atoms with van der Waals surface area (Å²) in [6.45, 7) is 9.13. The van der Waals surface area contributed by atoms with Gasteiger partial charge in [0, 0.05) is 39.1 Å². The third-order valence-electron chi connectivity index (χ3n) is 4.47. The van der Waals surface area contributed by atoms with Crippen LogP contribution in [0, 0.1) is 0 Å². The molecule has 0 saturated heterocycles. The number of rotatable bonds is 10. The van der Waals surface area contributed by atoms with Gasteiger partial charge in [-0.3, -0.25) is 0 Å². The molecule has 1 aromatic heterocycles. The molecule has 7 heteroatoms. The predicted octanol–water partition coefficient (Wildman–Crippen LogP) is 3.61. The second-order valence-corrected chi connectivity index (χ2v) is 7.14. The lowest BCUT2D eigenvalue weighted by Crippen LogP contribution is -2.45. The number of nitrogens with one attached hydrogen (secondary N) is 2. The molecule has 1 aromatic carbocycles. The minimum absolute atomic E-state index is 0. The summed E-state index contributed by atoms with van der Waals surface area (Å²) in [5, 5.41) is 6.61. The molecule has 2 rings (SSSR count). The minimum Gasteiger partial charge on any atom is -0.377 e. The topological polar surface area (TPSA) is 63.5 Å². The minimum atomic E-state index is -0.244. The van der Waals surface area contributed by atoms with Crippen molar-refractivity contribution >= 4 is 29.9 Å². The van der Waals surface area contributed by atoms with Crippen molar-refractivity contribution in [1.29, 1.82) is 0 Å². The van der Waals surface area contributed by atoms with E-state index in [0.29, 0.717) is 13.1 Å². The molecule has 0 bridgehead atoms. The summed E-state index contributed by atoms with van der Waals surface area (Å²) in [5.41, 5.74) is 1.13. The SMILES string of the molecule is CCNC(=NCc1nccn1CCCc1ccccc1)NCC(C)(C)OC.I. The van der Waals surface area contributed by atoms with Gasteiger partial charge < -0.3 is 19.9 Å². The number of benzene rings is 1. The Morgan fingerprint density at radius 2 is 1.96 bits per heavy atom. The quantitative estimate of drug-likeness (QED) is 0.298. The van der Waals surface area contributed by atoms with Crippen molar-refractivity contribution in [2.45, 2.75) is 52.3 Å². The molecule has 6 nitrogen and oxygen atoms in total. The number of methoxy groups -OCH3 is 1. The number of nitrogens with zero attached hydrogens (tertiary/aromatic N) is 3. The van der Waals surface area contributed by atoms with E-state index in [1.807, 2.05) is 26.2 Å². The average molecular weight is 499 g/mol. The van der Waals surface area contributed by atoms with Crippen LogP contribution in [0.3, 0.4) is 0 Å². The number of ether oxygens (including phenoxy) is 1. The first-order valence-electron chi connectivity index (χ1n) is 9.65. The van der Waals surface area contributed by atoms with Gasteiger partial charge >= 0.3 is 0 Å². The van der Waals surface area contributed by atoms with Crippen molar-refractivity contribution in [2.75, 3.05) is 20.2 Å². The maximum absolute atomic E-state index is 5.45. The van der Waals surface area contributed by atoms with E-state index in [0.717, 1.165) is 37.7 Å². The van der Waals surface area contributed by atoms with E-state index in [1.54, 1.807) is 7.11 Å². The molecule has 0 atom stereocenters. The zero-order chi connectivity index (χ0) is 19.5. The van der Waals surface area contributed by atoms with Gasteiger partial charge in [0.25, 0.3) is 0 Å². The van der Waals surface area contributed by atoms with Crippen LogP contribution in [0.15, 0.2) is 47.7 Å². The van der Waals surface area contributed by atoms with Crippen LogP contribution in [-0.2, 0) is 24.2 Å². The third kappa shape index (κ3) is 8.60. The zero-order valence-electron chi connectivity index (χ0n) is 17.4. The van der Waals surface area contributed by atoms with Gasteiger partial charge in [0.15, 0.2) is 5.96 Å². The van der Waals surface area contributed by atoms with Gasteiger partial charge in [0.2, 0.25) is 0 Å². The fraction of sp³-hybridized carbons (Fsp3) is 0.524. The lowest BCUT2D eigenvalue weighted by atomic mass is 10.1. The summed E-state index contributed by atoms with van der Waals surface area (Å²) in [6, 6.07) is 10.6. The van der Waals surface area contributed by atoms with E-state index in [9.17, 15) is 0 Å². The Morgan fingerprint density at radius 1 is 1.21 bits per heavy atom. The summed E-state index contributed by atoms with van der Waals surface area (Å²) in [5.74, 6) is 1.76. The Labute approximate surface area is 186 Å². The smallest absolute Gasteiger partial charge is 0.191 e. The number of aromatic nitrogens is 2. The molecule has 0 aliphatic heterocycles. The van der Waals surface area contributed by atoms with E-state index < -0.39 is 0 Å². The summed E-state index contributed by atoms with van der Waals surface area (Å²) < 4.78 is 7.64. The number of aryl methyl sites for hydroxylation is 2. The molecule has 28 heavy (non-hydrogen) atoms. The molecular weight excluding hydrogens is 465 g/mol. The Morgan fingerprint density at radius 3 is 2.64 bits per heavy atom. The van der Waals surface area contributed by atoms with Crippen LogP contribution < -0.4 is 10.6 Å². The highest BCUT2D eigenvalue weighted by molar-refractivity contribution is 14.0. The normalized spacial score (nSPS) is 11.8. The maximum Gasteiger partial charge on any atom is 0.191 e. The van der Waals surface area contributed by atoms with Crippen molar-refractivity contribution < 1.29 is 4.74 Å². The van der Waals surface area contributed by atoms with Gasteiger partial charge in [-0.15, -0.1) is 24.0 Å². The molecule has 0 unspecified atom stereocenters. The number of aliphatic imine (C=N–C) groups is 1. The predicted molar refractivity (Wildman–Crippen MR) is 126 cm³/mol. The first-order valence-corrected chi connectivity index (χ1v) is 9.65. The first-order chi connectivity index (χ1) is 13.0. The monoisotopic (exact) mass is 499 g/mol. The van der Waals surface area contributed by atoms with Gasteiger partial charge in [-0.25, -0.2) is 9.98 Å². The molecule has 0 saturated carbocycles. The summed E-state index contributed by atoms with van der Waals surface area (Å²) >= 11 is 0. The van der Waals surface area contributed by atoms with Crippen LogP contribution in [0.25, 0.3) is 0 Å². The summed E-state index contributed by atoms with van der Waals surface area (Å²) in [7, 11) is 1.72. The van der Waals surface area contributed by atoms with E-state index in [1.165, 1.54) is 5.56 Å². The average Bonchev–Trinajstić information content (AvgIpc) is 3.12. The summed E-state index contributed by atoms with van der Waals surface area (Å²) in [6.07, 6.45) is 6.03. The van der Waals surface area contributed by atoms with E-state index >= 15 is 0 Å². The van der Waals surface area contributed by atoms with Gasteiger partial charge in [0.05, 0.1) is 5.60 Å². The third-order valence-corrected chi connectivity index (χ3v) is 4.47. The van der Waals surface area contributed by atoms with Gasteiger partial charge in [0.1, 0.15) is 12.4 Å². The van der Waals surface area contributed by atoms with Crippen LogP contribution >= 0.6 is 24.0 Å². The van der Waals surface area contributed by atoms with Gasteiger partial charge in [-0.1, -0.05) is 30.3 Å². The molecule has 1 heterocycles. The van der Waals surface area contributed by atoms with Crippen LogP contribution in [-0.4, -0.2) is 41.3 Å². The largest absolute Gasteiger partial charge is 0.377 e. The number of hydrogen-bond acceptors (Lipinski definition) is 3. The Kier molecular flexibility index (Phi) is 11.1. The Bertz CT molecular complexity index is 700. The number of hydrogen-bond donors (Lipinski definition) is 2. The molecule has 0 aliphatic rings. The second-order valence-electron chi connectivity index (χ2n) is 7.14. The van der Waals surface area contributed by atoms with E-state index in [4.69, 9.17) is 4.74 Å². The first kappa shape index (κ1) is 24.4. The van der Waals surface area contributed by atoms with Gasteiger partial charge in [-0.2, -0.15) is 0 Å². The number of guanidine groups is 1. The molecule has 2 N–H and O–H groups in total. The second kappa shape index (κ2) is 12.8. The maximum atomic E-state index is 5.45. The standard InChI is InChI=1S/C21H33N5O.HI/c1-5-22-20(25-17-21(2,3)27-4)24-16-19-23-13-15-26(19)14-9-12-18-10-7-6-8-11-18;/h6-8,10-11,13,15H,5,9,12,14,16-17H2,1-4H3,(H2,22,24,25);1H. The fourth-order valence-electron chi connectivity index (χ4n) is 2.65. The molecular formula is C21H34IN5O. The highest BCUT2D eigenvalue weighted by Gasteiger charge is 2.16. The van der Waals surface area contributed by atoms with E-state index in [-0.39, 0.29) is 29.6 Å². The Hall–Kier alpha value is -1.61. The molecule has 156 valence electrons. The van der Waals surface area contributed by atoms with Gasteiger partial charge in [-0.05, 0) is 39.2 Å². The zero-order valence-corrected chi connectivity index (χ0v) is 19.8. The van der Waals surface area contributed by atoms with Crippen molar-refractivity contribution in [2.24, 2.45) is 4.99 Å².